The molecule has 0 aliphatic carbocycles. The fraction of sp³-hybridized carbons (Fsp3) is 0.267. The molecule has 22 heavy (non-hydrogen) atoms. The van der Waals surface area contributed by atoms with Gasteiger partial charge in [0.25, 0.3) is 5.91 Å². The van der Waals surface area contributed by atoms with Gasteiger partial charge >= 0.3 is 6.03 Å². The van der Waals surface area contributed by atoms with Crippen LogP contribution in [0.3, 0.4) is 0 Å². The number of fused-ring (bicyclic) bond motifs is 1. The molecule has 1 aliphatic heterocycles. The Labute approximate surface area is 127 Å². The average Bonchev–Trinajstić information content (AvgIpc) is 3.07. The highest BCUT2D eigenvalue weighted by Gasteiger charge is 2.45. The quantitative estimate of drug-likeness (QED) is 0.770. The van der Waals surface area contributed by atoms with Gasteiger partial charge in [0.15, 0.2) is 0 Å². The maximum absolute atomic E-state index is 12.4. The summed E-state index contributed by atoms with van der Waals surface area (Å²) in [5, 5.41) is 9.10. The van der Waals surface area contributed by atoms with Crippen molar-refractivity contribution >= 4 is 17.6 Å². The number of primary amides is 1. The smallest absolute Gasteiger partial charge is 0.318 e. The topological polar surface area (TPSA) is 104 Å². The van der Waals surface area contributed by atoms with E-state index in [9.17, 15) is 9.59 Å². The van der Waals surface area contributed by atoms with E-state index in [4.69, 9.17) is 5.73 Å². The summed E-state index contributed by atoms with van der Waals surface area (Å²) in [5.41, 5.74) is 8.04. The Bertz CT molecular complexity index is 740. The van der Waals surface area contributed by atoms with Crippen molar-refractivity contribution in [3.63, 3.8) is 0 Å². The number of aromatic amines is 1. The average molecular weight is 299 g/mol. The number of carbonyl (C=O) groups is 2. The van der Waals surface area contributed by atoms with Gasteiger partial charge in [0, 0.05) is 25.2 Å². The number of amides is 3. The molecule has 2 aromatic rings. The van der Waals surface area contributed by atoms with Crippen LogP contribution >= 0.6 is 0 Å². The van der Waals surface area contributed by atoms with Crippen LogP contribution < -0.4 is 16.0 Å². The number of likely N-dealkylation sites (N-methyl/N-ethyl adjacent to an activating group) is 1. The van der Waals surface area contributed by atoms with Crippen LogP contribution in [0.25, 0.3) is 11.3 Å². The highest BCUT2D eigenvalue weighted by molar-refractivity contribution is 6.02. The Balaban J connectivity index is 2.05. The van der Waals surface area contributed by atoms with Crippen LogP contribution in [0.4, 0.5) is 10.5 Å². The van der Waals surface area contributed by atoms with Gasteiger partial charge in [-0.3, -0.25) is 15.2 Å². The molecule has 0 saturated carbocycles. The van der Waals surface area contributed by atoms with Gasteiger partial charge in [-0.1, -0.05) is 18.2 Å². The monoisotopic (exact) mass is 299 g/mol. The second kappa shape index (κ2) is 4.87. The number of rotatable bonds is 2. The molecule has 4 N–H and O–H groups in total. The Kier molecular flexibility index (Phi) is 3.13. The fourth-order valence-corrected chi connectivity index (χ4v) is 2.97. The molecule has 2 heterocycles. The van der Waals surface area contributed by atoms with Crippen molar-refractivity contribution in [3.05, 3.63) is 36.0 Å². The third-order valence-corrected chi connectivity index (χ3v) is 4.25. The van der Waals surface area contributed by atoms with Crippen LogP contribution in [0.1, 0.15) is 12.5 Å². The number of anilines is 1. The summed E-state index contributed by atoms with van der Waals surface area (Å²) in [6.07, 6.45) is 2.18. The van der Waals surface area contributed by atoms with Crippen LogP contribution in [-0.4, -0.2) is 34.7 Å². The van der Waals surface area contributed by atoms with Crippen molar-refractivity contribution < 1.29 is 9.59 Å². The minimum absolute atomic E-state index is 0.408. The molecule has 1 aromatic heterocycles. The molecular formula is C15H17N5O2. The molecule has 1 atom stereocenters. The summed E-state index contributed by atoms with van der Waals surface area (Å²) in [6, 6.07) is 6.93. The second-order valence-electron chi connectivity index (χ2n) is 5.61. The number of aromatic nitrogens is 2. The van der Waals surface area contributed by atoms with E-state index in [1.165, 1.54) is 0 Å². The summed E-state index contributed by atoms with van der Waals surface area (Å²) in [5.74, 6) is -0.408. The van der Waals surface area contributed by atoms with E-state index < -0.39 is 17.5 Å². The number of hydrogen-bond acceptors (Lipinski definition) is 4. The van der Waals surface area contributed by atoms with Crippen molar-refractivity contribution in [2.24, 2.45) is 5.73 Å². The first-order chi connectivity index (χ1) is 10.4. The normalized spacial score (nSPS) is 19.8. The molecular weight excluding hydrogens is 282 g/mol. The largest absolute Gasteiger partial charge is 0.359 e. The molecule has 7 heteroatoms. The molecule has 0 fully saturated rings. The zero-order chi connectivity index (χ0) is 15.9. The highest BCUT2D eigenvalue weighted by Crippen LogP contribution is 2.43. The van der Waals surface area contributed by atoms with Crippen LogP contribution in [-0.2, 0) is 11.2 Å². The van der Waals surface area contributed by atoms with Gasteiger partial charge in [0.05, 0.1) is 11.4 Å². The second-order valence-corrected chi connectivity index (χ2v) is 5.61. The van der Waals surface area contributed by atoms with E-state index in [0.29, 0.717) is 6.42 Å². The summed E-state index contributed by atoms with van der Waals surface area (Å²) >= 11 is 0. The minimum atomic E-state index is -0.868. The van der Waals surface area contributed by atoms with Gasteiger partial charge in [-0.2, -0.15) is 5.10 Å². The maximum Gasteiger partial charge on any atom is 0.318 e. The lowest BCUT2D eigenvalue weighted by molar-refractivity contribution is -0.124. The predicted molar refractivity (Wildman–Crippen MR) is 82.3 cm³/mol. The van der Waals surface area contributed by atoms with Crippen molar-refractivity contribution in [3.8, 4) is 11.3 Å². The number of H-pyrrole nitrogens is 1. The first-order valence-corrected chi connectivity index (χ1v) is 6.90. The van der Waals surface area contributed by atoms with Gasteiger partial charge in [-0.15, -0.1) is 0 Å². The standard InChI is InChI=1S/C15H17N5O2/c1-15(13(21)18-14(16)22)8-9-4-3-5-10(12(9)20(15)2)11-6-7-17-19-11/h3-7H,8H2,1-2H3,(H,17,19)(H3,16,18,21,22). The number of nitrogens with one attached hydrogen (secondary N) is 2. The van der Waals surface area contributed by atoms with Crippen molar-refractivity contribution in [1.82, 2.24) is 15.5 Å². The maximum atomic E-state index is 12.4. The summed E-state index contributed by atoms with van der Waals surface area (Å²) in [6.45, 7) is 1.79. The number of benzene rings is 1. The summed E-state index contributed by atoms with van der Waals surface area (Å²) in [4.78, 5) is 25.3. The highest BCUT2D eigenvalue weighted by atomic mass is 16.2. The van der Waals surface area contributed by atoms with E-state index in [-0.39, 0.29) is 0 Å². The van der Waals surface area contributed by atoms with Crippen molar-refractivity contribution in [2.45, 2.75) is 18.9 Å². The fourth-order valence-electron chi connectivity index (χ4n) is 2.97. The van der Waals surface area contributed by atoms with E-state index in [2.05, 4.69) is 15.5 Å². The Morgan fingerprint density at radius 3 is 2.82 bits per heavy atom. The Hall–Kier alpha value is -2.83. The molecule has 1 aliphatic rings. The van der Waals surface area contributed by atoms with Gasteiger partial charge < -0.3 is 10.6 Å². The number of nitrogens with two attached hydrogens (primary N) is 1. The lowest BCUT2D eigenvalue weighted by Gasteiger charge is -2.32. The number of hydrogen-bond donors (Lipinski definition) is 3. The van der Waals surface area contributed by atoms with Crippen molar-refractivity contribution in [1.29, 1.82) is 0 Å². The molecule has 7 nitrogen and oxygen atoms in total. The van der Waals surface area contributed by atoms with Crippen LogP contribution in [0.15, 0.2) is 30.5 Å². The number of carbonyl (C=O) groups excluding carboxylic acids is 2. The van der Waals surface area contributed by atoms with E-state index in [1.807, 2.05) is 36.2 Å². The summed E-state index contributed by atoms with van der Waals surface area (Å²) < 4.78 is 0. The van der Waals surface area contributed by atoms with E-state index in [1.54, 1.807) is 13.1 Å². The van der Waals surface area contributed by atoms with E-state index in [0.717, 1.165) is 22.5 Å². The lowest BCUT2D eigenvalue weighted by Crippen LogP contribution is -2.56. The molecule has 114 valence electrons. The number of para-hydroxylation sites is 1. The molecule has 0 radical (unpaired) electrons. The van der Waals surface area contributed by atoms with Gasteiger partial charge in [0.2, 0.25) is 0 Å². The first kappa shape index (κ1) is 14.1. The van der Waals surface area contributed by atoms with Crippen LogP contribution in [0, 0.1) is 0 Å². The van der Waals surface area contributed by atoms with Gasteiger partial charge in [0.1, 0.15) is 5.54 Å². The third-order valence-electron chi connectivity index (χ3n) is 4.25. The lowest BCUT2D eigenvalue weighted by atomic mass is 9.95. The first-order valence-electron chi connectivity index (χ1n) is 6.90. The van der Waals surface area contributed by atoms with Crippen LogP contribution in [0.2, 0.25) is 0 Å². The molecule has 0 bridgehead atoms. The molecule has 3 amide bonds. The van der Waals surface area contributed by atoms with Gasteiger partial charge in [-0.25, -0.2) is 4.79 Å². The van der Waals surface area contributed by atoms with Gasteiger partial charge in [-0.05, 0) is 18.6 Å². The van der Waals surface area contributed by atoms with Crippen LogP contribution in [0.5, 0.6) is 0 Å². The molecule has 1 unspecified atom stereocenters. The predicted octanol–water partition coefficient (Wildman–Crippen LogP) is 1.02. The molecule has 3 rings (SSSR count). The molecule has 0 saturated heterocycles. The SMILES string of the molecule is CN1c2c(cccc2-c2ccn[nH]2)CC1(C)C(=O)NC(N)=O. The minimum Gasteiger partial charge on any atom is -0.359 e. The molecule has 1 aromatic carbocycles. The van der Waals surface area contributed by atoms with Crippen molar-refractivity contribution in [2.75, 3.05) is 11.9 Å². The Morgan fingerprint density at radius 2 is 2.18 bits per heavy atom. The zero-order valence-corrected chi connectivity index (χ0v) is 12.4. The number of imide groups is 1. The van der Waals surface area contributed by atoms with E-state index >= 15 is 0 Å². The molecule has 0 spiro atoms. The number of nitrogens with zero attached hydrogens (tertiary/aromatic N) is 2. The number of urea groups is 1. The third kappa shape index (κ3) is 2.02. The summed E-state index contributed by atoms with van der Waals surface area (Å²) in [7, 11) is 1.84. The Morgan fingerprint density at radius 1 is 1.41 bits per heavy atom. The zero-order valence-electron chi connectivity index (χ0n) is 12.4.